The van der Waals surface area contributed by atoms with Crippen molar-refractivity contribution in [2.45, 2.75) is 31.7 Å². The van der Waals surface area contributed by atoms with Crippen LogP contribution in [0.3, 0.4) is 0 Å². The first-order valence-electron chi connectivity index (χ1n) is 8.91. The molecule has 3 amide bonds. The molecule has 7 heteroatoms. The largest absolute Gasteiger partial charge is 0.453 e. The van der Waals surface area contributed by atoms with Crippen LogP contribution < -0.4 is 10.6 Å². The Hall–Kier alpha value is -2.28. The molecule has 7 nitrogen and oxygen atoms in total. The molecule has 1 atom stereocenters. The summed E-state index contributed by atoms with van der Waals surface area (Å²) in [6, 6.07) is 7.27. The summed E-state index contributed by atoms with van der Waals surface area (Å²) in [6.07, 6.45) is 4.16. The zero-order valence-electron chi connectivity index (χ0n) is 14.7. The van der Waals surface area contributed by atoms with Crippen molar-refractivity contribution in [3.63, 3.8) is 0 Å². The Bertz CT molecular complexity index is 599. The Kier molecular flexibility index (Phi) is 5.75. The number of nitrogens with one attached hydrogen (secondary N) is 2. The van der Waals surface area contributed by atoms with E-state index in [2.05, 4.69) is 20.3 Å². The summed E-state index contributed by atoms with van der Waals surface area (Å²) in [5.74, 6) is 0. The summed E-state index contributed by atoms with van der Waals surface area (Å²) >= 11 is 0. The number of ether oxygens (including phenoxy) is 1. The van der Waals surface area contributed by atoms with Gasteiger partial charge in [0.1, 0.15) is 0 Å². The molecule has 0 saturated carbocycles. The van der Waals surface area contributed by atoms with Gasteiger partial charge >= 0.3 is 12.1 Å². The fourth-order valence-corrected chi connectivity index (χ4v) is 3.56. The zero-order chi connectivity index (χ0) is 17.6. The smallest absolute Gasteiger partial charge is 0.411 e. The van der Waals surface area contributed by atoms with Crippen LogP contribution in [0.15, 0.2) is 24.3 Å². The second kappa shape index (κ2) is 8.20. The Morgan fingerprint density at radius 2 is 1.68 bits per heavy atom. The summed E-state index contributed by atoms with van der Waals surface area (Å²) in [5, 5.41) is 5.54. The number of amides is 3. The molecular weight excluding hydrogens is 320 g/mol. The number of carbonyl (C=O) groups is 2. The van der Waals surface area contributed by atoms with E-state index in [4.69, 9.17) is 0 Å². The first-order valence-corrected chi connectivity index (χ1v) is 8.91. The molecular formula is C18H26N4O3. The molecule has 1 aromatic rings. The highest BCUT2D eigenvalue weighted by Crippen LogP contribution is 2.22. The van der Waals surface area contributed by atoms with Gasteiger partial charge in [-0.2, -0.15) is 0 Å². The minimum atomic E-state index is -0.515. The molecule has 2 aliphatic rings. The maximum absolute atomic E-state index is 12.6. The molecule has 25 heavy (non-hydrogen) atoms. The van der Waals surface area contributed by atoms with Crippen molar-refractivity contribution in [3.05, 3.63) is 24.3 Å². The van der Waals surface area contributed by atoms with Gasteiger partial charge in [0, 0.05) is 30.5 Å². The van der Waals surface area contributed by atoms with Crippen molar-refractivity contribution in [3.8, 4) is 0 Å². The Labute approximate surface area is 148 Å². The molecule has 2 fully saturated rings. The normalized spacial score (nSPS) is 20.5. The zero-order valence-corrected chi connectivity index (χ0v) is 14.7. The molecule has 0 aromatic heterocycles. The Morgan fingerprint density at radius 1 is 1.04 bits per heavy atom. The van der Waals surface area contributed by atoms with Gasteiger partial charge in [0.2, 0.25) is 0 Å². The number of carbonyl (C=O) groups excluding carboxylic acids is 2. The summed E-state index contributed by atoms with van der Waals surface area (Å²) < 4.78 is 4.55. The number of likely N-dealkylation sites (tertiary alicyclic amines) is 2. The maximum atomic E-state index is 12.6. The second-order valence-electron chi connectivity index (χ2n) is 6.62. The SMILES string of the molecule is COC(=O)Nc1ccc(NC(=O)N2CCC[C@@H]2CN2CCCC2)cc1. The van der Waals surface area contributed by atoms with Crippen LogP contribution in [0.2, 0.25) is 0 Å². The van der Waals surface area contributed by atoms with Crippen molar-refractivity contribution in [1.82, 2.24) is 9.80 Å². The minimum Gasteiger partial charge on any atom is -0.453 e. The van der Waals surface area contributed by atoms with Crippen LogP contribution in [0.4, 0.5) is 21.0 Å². The number of anilines is 2. The van der Waals surface area contributed by atoms with Crippen molar-refractivity contribution in [2.24, 2.45) is 0 Å². The third-order valence-electron chi connectivity index (χ3n) is 4.87. The fraction of sp³-hybridized carbons (Fsp3) is 0.556. The first kappa shape index (κ1) is 17.5. The van der Waals surface area contributed by atoms with Crippen molar-refractivity contribution in [1.29, 1.82) is 0 Å². The lowest BCUT2D eigenvalue weighted by molar-refractivity contribution is 0.186. The minimum absolute atomic E-state index is 0.0459. The van der Waals surface area contributed by atoms with Crippen LogP contribution in [0.5, 0.6) is 0 Å². The van der Waals surface area contributed by atoms with Crippen LogP contribution in [-0.2, 0) is 4.74 Å². The lowest BCUT2D eigenvalue weighted by Gasteiger charge is -2.28. The molecule has 0 spiro atoms. The van der Waals surface area contributed by atoms with Crippen molar-refractivity contribution in [2.75, 3.05) is 43.9 Å². The van der Waals surface area contributed by atoms with E-state index in [0.29, 0.717) is 17.4 Å². The van der Waals surface area contributed by atoms with Gasteiger partial charge in [-0.05, 0) is 63.0 Å². The summed E-state index contributed by atoms with van der Waals surface area (Å²) in [6.45, 7) is 4.10. The Morgan fingerprint density at radius 3 is 2.32 bits per heavy atom. The van der Waals surface area contributed by atoms with Gasteiger partial charge < -0.3 is 19.9 Å². The van der Waals surface area contributed by atoms with E-state index in [1.54, 1.807) is 24.3 Å². The highest BCUT2D eigenvalue weighted by Gasteiger charge is 2.30. The number of urea groups is 1. The molecule has 0 bridgehead atoms. The molecule has 2 N–H and O–H groups in total. The topological polar surface area (TPSA) is 73.9 Å². The summed E-state index contributed by atoms with van der Waals surface area (Å²) in [4.78, 5) is 28.2. The lowest BCUT2D eigenvalue weighted by Crippen LogP contribution is -2.44. The molecule has 2 saturated heterocycles. The van der Waals surface area contributed by atoms with Crippen LogP contribution in [0.25, 0.3) is 0 Å². The summed E-state index contributed by atoms with van der Waals surface area (Å²) in [5.41, 5.74) is 1.34. The monoisotopic (exact) mass is 346 g/mol. The van der Waals surface area contributed by atoms with Crippen LogP contribution in [0.1, 0.15) is 25.7 Å². The van der Waals surface area contributed by atoms with E-state index in [1.807, 2.05) is 4.90 Å². The average Bonchev–Trinajstić information content (AvgIpc) is 3.29. The third-order valence-corrected chi connectivity index (χ3v) is 4.87. The maximum Gasteiger partial charge on any atom is 0.411 e. The third kappa shape index (κ3) is 4.63. The summed E-state index contributed by atoms with van der Waals surface area (Å²) in [7, 11) is 1.32. The second-order valence-corrected chi connectivity index (χ2v) is 6.62. The first-order chi connectivity index (χ1) is 12.2. The number of hydrogen-bond donors (Lipinski definition) is 2. The number of benzene rings is 1. The molecule has 0 radical (unpaired) electrons. The fourth-order valence-electron chi connectivity index (χ4n) is 3.56. The van der Waals surface area contributed by atoms with Crippen molar-refractivity contribution >= 4 is 23.5 Å². The van der Waals surface area contributed by atoms with Gasteiger partial charge in [-0.3, -0.25) is 5.32 Å². The van der Waals surface area contributed by atoms with E-state index < -0.39 is 6.09 Å². The molecule has 0 unspecified atom stereocenters. The number of nitrogens with zero attached hydrogens (tertiary/aromatic N) is 2. The molecule has 0 aliphatic carbocycles. The van der Waals surface area contributed by atoms with Gasteiger partial charge in [0.25, 0.3) is 0 Å². The van der Waals surface area contributed by atoms with E-state index in [0.717, 1.165) is 39.0 Å². The highest BCUT2D eigenvalue weighted by molar-refractivity contribution is 5.90. The average molecular weight is 346 g/mol. The molecule has 136 valence electrons. The van der Waals surface area contributed by atoms with Gasteiger partial charge in [0.05, 0.1) is 7.11 Å². The van der Waals surface area contributed by atoms with Crippen LogP contribution >= 0.6 is 0 Å². The van der Waals surface area contributed by atoms with Crippen LogP contribution in [-0.4, -0.2) is 61.3 Å². The van der Waals surface area contributed by atoms with Crippen LogP contribution in [0, 0.1) is 0 Å². The molecule has 3 rings (SSSR count). The molecule has 2 aliphatic heterocycles. The van der Waals surface area contributed by atoms with E-state index in [9.17, 15) is 9.59 Å². The predicted octanol–water partition coefficient (Wildman–Crippen LogP) is 2.96. The quantitative estimate of drug-likeness (QED) is 0.879. The van der Waals surface area contributed by atoms with E-state index in [-0.39, 0.29) is 6.03 Å². The predicted molar refractivity (Wildman–Crippen MR) is 96.9 cm³/mol. The molecule has 2 heterocycles. The van der Waals surface area contributed by atoms with Crippen molar-refractivity contribution < 1.29 is 14.3 Å². The van der Waals surface area contributed by atoms with E-state index >= 15 is 0 Å². The Balaban J connectivity index is 1.54. The van der Waals surface area contributed by atoms with Gasteiger partial charge in [-0.25, -0.2) is 9.59 Å². The van der Waals surface area contributed by atoms with Gasteiger partial charge in [-0.15, -0.1) is 0 Å². The molecule has 1 aromatic carbocycles. The number of hydrogen-bond acceptors (Lipinski definition) is 4. The number of rotatable bonds is 4. The van der Waals surface area contributed by atoms with Gasteiger partial charge in [-0.1, -0.05) is 0 Å². The highest BCUT2D eigenvalue weighted by atomic mass is 16.5. The van der Waals surface area contributed by atoms with Gasteiger partial charge in [0.15, 0.2) is 0 Å². The number of methoxy groups -OCH3 is 1. The standard InChI is InChI=1S/C18H26N4O3/c1-25-18(24)20-15-8-6-14(7-9-15)19-17(23)22-12-4-5-16(22)13-21-10-2-3-11-21/h6-9,16H,2-5,10-13H2,1H3,(H,19,23)(H,20,24)/t16-/m1/s1. The van der Waals surface area contributed by atoms with E-state index in [1.165, 1.54) is 20.0 Å². The lowest BCUT2D eigenvalue weighted by atomic mass is 10.2.